The van der Waals surface area contributed by atoms with E-state index in [1.807, 2.05) is 87.6 Å². The highest BCUT2D eigenvalue weighted by Gasteiger charge is 2.09. The van der Waals surface area contributed by atoms with Gasteiger partial charge in [0.2, 0.25) is 6.41 Å². The first kappa shape index (κ1) is 36.7. The summed E-state index contributed by atoms with van der Waals surface area (Å²) in [6.07, 6.45) is 7.25. The Balaban J connectivity index is 0. The first-order valence-corrected chi connectivity index (χ1v) is 12.3. The third-order valence-electron chi connectivity index (χ3n) is 4.25. The zero-order valence-electron chi connectivity index (χ0n) is 22.2. The lowest BCUT2D eigenvalue weighted by Crippen LogP contribution is -2.28. The molecular formula is C30H33Cl3N2O3. The normalized spacial score (nSPS) is 10.2. The smallest absolute Gasteiger partial charge is 0.275 e. The van der Waals surface area contributed by atoms with Crippen LogP contribution in [0.1, 0.15) is 31.9 Å². The summed E-state index contributed by atoms with van der Waals surface area (Å²) in [5, 5.41) is 4.26. The van der Waals surface area contributed by atoms with Crippen LogP contribution in [0.5, 0.6) is 0 Å². The minimum Gasteiger partial charge on any atom is -0.294 e. The molecule has 0 saturated carbocycles. The van der Waals surface area contributed by atoms with Crippen LogP contribution in [0.3, 0.4) is 0 Å². The monoisotopic (exact) mass is 574 g/mol. The Hall–Kier alpha value is -3.47. The average Bonchev–Trinajstić information content (AvgIpc) is 2.89. The van der Waals surface area contributed by atoms with Crippen LogP contribution in [-0.2, 0) is 14.4 Å². The van der Waals surface area contributed by atoms with Crippen molar-refractivity contribution in [1.82, 2.24) is 5.32 Å². The van der Waals surface area contributed by atoms with Gasteiger partial charge in [0, 0.05) is 22.1 Å². The minimum absolute atomic E-state index is 0.166. The molecule has 202 valence electrons. The van der Waals surface area contributed by atoms with Gasteiger partial charge in [0.25, 0.3) is 5.91 Å². The van der Waals surface area contributed by atoms with E-state index in [2.05, 4.69) is 18.2 Å². The van der Waals surface area contributed by atoms with Gasteiger partial charge in [0.05, 0.1) is 0 Å². The molecule has 2 aromatic carbocycles. The molecule has 8 heteroatoms. The van der Waals surface area contributed by atoms with Gasteiger partial charge in [-0.05, 0) is 75.3 Å². The number of rotatable bonds is 6. The van der Waals surface area contributed by atoms with Gasteiger partial charge in [0.15, 0.2) is 0 Å². The number of carbonyl (C=O) groups is 2. The van der Waals surface area contributed by atoms with E-state index in [4.69, 9.17) is 39.6 Å². The quantitative estimate of drug-likeness (QED) is 0.164. The highest BCUT2D eigenvalue weighted by molar-refractivity contribution is 6.45. The molecule has 38 heavy (non-hydrogen) atoms. The second kappa shape index (κ2) is 22.7. The molecule has 0 spiro atoms. The molecule has 0 heterocycles. The van der Waals surface area contributed by atoms with E-state index in [-0.39, 0.29) is 5.71 Å². The Morgan fingerprint density at radius 3 is 1.95 bits per heavy atom. The lowest BCUT2D eigenvalue weighted by molar-refractivity contribution is -0.120. The van der Waals surface area contributed by atoms with Crippen molar-refractivity contribution in [2.75, 3.05) is 7.05 Å². The third-order valence-corrected chi connectivity index (χ3v) is 5.51. The molecule has 5 nitrogen and oxygen atoms in total. The fourth-order valence-corrected chi connectivity index (χ4v) is 2.79. The molecule has 2 amide bonds. The summed E-state index contributed by atoms with van der Waals surface area (Å²) in [6.45, 7) is 13.9. The van der Waals surface area contributed by atoms with Crippen molar-refractivity contribution in [3.63, 3.8) is 0 Å². The fraction of sp³-hybridized carbons (Fsp3) is 0.167. The molecule has 0 saturated heterocycles. The topological polar surface area (TPSA) is 75.6 Å². The van der Waals surface area contributed by atoms with E-state index in [1.165, 1.54) is 13.0 Å². The molecule has 2 aromatic rings. The Bertz CT molecular complexity index is 1180. The Morgan fingerprint density at radius 2 is 1.55 bits per heavy atom. The summed E-state index contributed by atoms with van der Waals surface area (Å²) >= 11 is 17.5. The summed E-state index contributed by atoms with van der Waals surface area (Å²) in [6, 6.07) is 15.1. The van der Waals surface area contributed by atoms with Gasteiger partial charge in [0.1, 0.15) is 11.7 Å². The van der Waals surface area contributed by atoms with Gasteiger partial charge in [-0.2, -0.15) is 0 Å². The molecule has 0 aromatic heterocycles. The van der Waals surface area contributed by atoms with Crippen molar-refractivity contribution in [1.29, 1.82) is 0 Å². The van der Waals surface area contributed by atoms with Crippen molar-refractivity contribution >= 4 is 64.3 Å². The average molecular weight is 576 g/mol. The summed E-state index contributed by atoms with van der Waals surface area (Å²) in [4.78, 5) is 34.1. The molecule has 0 unspecified atom stereocenters. The fourth-order valence-electron chi connectivity index (χ4n) is 2.29. The van der Waals surface area contributed by atoms with Crippen molar-refractivity contribution in [2.45, 2.75) is 27.7 Å². The number of benzene rings is 2. The van der Waals surface area contributed by atoms with E-state index < -0.39 is 5.91 Å². The lowest BCUT2D eigenvalue weighted by atomic mass is 10.1. The first-order chi connectivity index (χ1) is 18.0. The maximum atomic E-state index is 11.5. The maximum absolute atomic E-state index is 11.5. The number of aliphatic imine (C=N–C) groups is 1. The molecule has 1 N–H and O–H groups in total. The van der Waals surface area contributed by atoms with Gasteiger partial charge in [-0.1, -0.05) is 95.5 Å². The van der Waals surface area contributed by atoms with Crippen molar-refractivity contribution in [3.05, 3.63) is 118 Å². The summed E-state index contributed by atoms with van der Waals surface area (Å²) in [7, 11) is 1.48. The van der Waals surface area contributed by atoms with Crippen LogP contribution in [-0.4, -0.2) is 31.0 Å². The highest BCUT2D eigenvalue weighted by atomic mass is 35.5. The minimum atomic E-state index is -0.543. The highest BCUT2D eigenvalue weighted by Crippen LogP contribution is 2.23. The van der Waals surface area contributed by atoms with Crippen LogP contribution >= 0.6 is 34.8 Å². The van der Waals surface area contributed by atoms with E-state index >= 15 is 0 Å². The van der Waals surface area contributed by atoms with Gasteiger partial charge < -0.3 is 0 Å². The van der Waals surface area contributed by atoms with E-state index in [9.17, 15) is 9.59 Å². The number of carbonyl (C=O) groups excluding carboxylic acids is 3. The van der Waals surface area contributed by atoms with Gasteiger partial charge in [-0.15, -0.1) is 0 Å². The number of halogens is 3. The number of nitrogens with one attached hydrogen (secondary N) is 1. The third kappa shape index (κ3) is 17.1. The van der Waals surface area contributed by atoms with Gasteiger partial charge in [-0.25, -0.2) is 4.79 Å². The molecule has 0 radical (unpaired) electrons. The SMILES string of the molecule is C=C/C=C\C(Cl)=C(C)C.C=C=O.CN=C(/C=C(\C)c1ccccc1Cl)C(=O)NC=O.Cc1ccccc1Cl. The largest absolute Gasteiger partial charge is 0.294 e. The summed E-state index contributed by atoms with van der Waals surface area (Å²) in [5.41, 5.74) is 4.03. The van der Waals surface area contributed by atoms with Crippen molar-refractivity contribution in [2.24, 2.45) is 4.99 Å². The number of hydrogen-bond acceptors (Lipinski definition) is 4. The predicted octanol–water partition coefficient (Wildman–Crippen LogP) is 8.00. The van der Waals surface area contributed by atoms with Crippen LogP contribution in [0.15, 0.2) is 102 Å². The summed E-state index contributed by atoms with van der Waals surface area (Å²) in [5.74, 6) is 0.707. The molecule has 0 aliphatic carbocycles. The molecular weight excluding hydrogens is 543 g/mol. The van der Waals surface area contributed by atoms with Crippen LogP contribution in [0.2, 0.25) is 10.0 Å². The van der Waals surface area contributed by atoms with E-state index in [1.54, 1.807) is 18.2 Å². The van der Waals surface area contributed by atoms with Crippen LogP contribution in [0, 0.1) is 6.92 Å². The predicted molar refractivity (Wildman–Crippen MR) is 164 cm³/mol. The Morgan fingerprint density at radius 1 is 1.03 bits per heavy atom. The lowest BCUT2D eigenvalue weighted by Gasteiger charge is -2.05. The molecule has 2 rings (SSSR count). The number of nitrogens with zero attached hydrogens (tertiary/aromatic N) is 1. The maximum Gasteiger partial charge on any atom is 0.275 e. The van der Waals surface area contributed by atoms with Crippen molar-refractivity contribution < 1.29 is 14.4 Å². The van der Waals surface area contributed by atoms with E-state index in [0.717, 1.165) is 32.3 Å². The van der Waals surface area contributed by atoms with Crippen LogP contribution in [0.25, 0.3) is 5.57 Å². The Kier molecular flexibility index (Phi) is 21.9. The van der Waals surface area contributed by atoms with Crippen molar-refractivity contribution in [3.8, 4) is 0 Å². The number of allylic oxidation sites excluding steroid dienone is 6. The number of aryl methyl sites for hydroxylation is 1. The van der Waals surface area contributed by atoms with Crippen LogP contribution < -0.4 is 5.32 Å². The van der Waals surface area contributed by atoms with Crippen LogP contribution in [0.4, 0.5) is 0 Å². The van der Waals surface area contributed by atoms with Gasteiger partial charge >= 0.3 is 0 Å². The second-order valence-electron chi connectivity index (χ2n) is 7.34. The zero-order valence-corrected chi connectivity index (χ0v) is 24.5. The molecule has 0 bridgehead atoms. The van der Waals surface area contributed by atoms with Gasteiger partial charge in [-0.3, -0.25) is 19.9 Å². The number of amides is 2. The summed E-state index contributed by atoms with van der Waals surface area (Å²) < 4.78 is 0. The Labute approximate surface area is 240 Å². The molecule has 0 fully saturated rings. The number of hydrogen-bond donors (Lipinski definition) is 1. The molecule has 0 atom stereocenters. The standard InChI is InChI=1S/C13H13ClN2O2.C8H11Cl.C7H7Cl.C2H2O/c1-9(10-5-3-4-6-11(10)14)7-12(15-2)13(18)16-8-17;1-4-5-6-8(9)7(2)3;1-6-4-2-3-5-7(6)8;1-2-3/h3-8H,1-2H3,(H,16,17,18);4-6H,1H2,2-3H3;2-5H,1H3;1H2/b9-7+,15-12?;6-5-;;. The number of imide groups is 1. The molecule has 0 aliphatic rings. The zero-order chi connectivity index (χ0) is 29.5. The molecule has 0 aliphatic heterocycles. The van der Waals surface area contributed by atoms with E-state index in [0.29, 0.717) is 11.4 Å². The second-order valence-corrected chi connectivity index (χ2v) is 8.57. The first-order valence-electron chi connectivity index (χ1n) is 11.1.